The Morgan fingerprint density at radius 2 is 1.93 bits per heavy atom. The molecule has 0 N–H and O–H groups in total. The highest BCUT2D eigenvalue weighted by atomic mass is 35.5. The van der Waals surface area contributed by atoms with Crippen LogP contribution in [-0.4, -0.2) is 46.1 Å². The number of aromatic nitrogens is 3. The number of rotatable bonds is 4. The van der Waals surface area contributed by atoms with E-state index in [1.54, 1.807) is 4.90 Å². The number of hydrogen-bond donors (Lipinski definition) is 0. The maximum Gasteiger partial charge on any atom is 0.238 e. The SMILES string of the molecule is O=C(CS(=O)(=O)c1ccc(Cl)cc1)N1CCCC1c1nnc2ccccn12. The fraction of sp³-hybridized carbons (Fsp3) is 0.278. The highest BCUT2D eigenvalue weighted by Gasteiger charge is 2.35. The van der Waals surface area contributed by atoms with E-state index >= 15 is 0 Å². The summed E-state index contributed by atoms with van der Waals surface area (Å²) in [5.41, 5.74) is 0.695. The number of nitrogens with zero attached hydrogens (tertiary/aromatic N) is 4. The summed E-state index contributed by atoms with van der Waals surface area (Å²) in [7, 11) is -3.74. The molecule has 0 saturated carbocycles. The van der Waals surface area contributed by atoms with E-state index in [-0.39, 0.29) is 10.9 Å². The van der Waals surface area contributed by atoms with Gasteiger partial charge in [0.1, 0.15) is 5.75 Å². The number of amides is 1. The Labute approximate surface area is 161 Å². The molecule has 3 aromatic rings. The Hall–Kier alpha value is -2.45. The van der Waals surface area contributed by atoms with Gasteiger partial charge in [0.25, 0.3) is 0 Å². The molecule has 0 radical (unpaired) electrons. The predicted octanol–water partition coefficient (Wildman–Crippen LogP) is 2.52. The van der Waals surface area contributed by atoms with Gasteiger partial charge in [0.05, 0.1) is 10.9 Å². The molecule has 27 heavy (non-hydrogen) atoms. The third-order valence-electron chi connectivity index (χ3n) is 4.70. The third-order valence-corrected chi connectivity index (χ3v) is 6.57. The van der Waals surface area contributed by atoms with Crippen LogP contribution < -0.4 is 0 Å². The molecule has 1 aromatic carbocycles. The molecule has 9 heteroatoms. The van der Waals surface area contributed by atoms with Crippen LogP contribution in [0.2, 0.25) is 5.02 Å². The lowest BCUT2D eigenvalue weighted by atomic mass is 10.2. The number of fused-ring (bicyclic) bond motifs is 1. The number of carbonyl (C=O) groups is 1. The molecule has 1 fully saturated rings. The van der Waals surface area contributed by atoms with Gasteiger partial charge in [-0.2, -0.15) is 0 Å². The van der Waals surface area contributed by atoms with Crippen LogP contribution in [0.3, 0.4) is 0 Å². The van der Waals surface area contributed by atoms with Gasteiger partial charge in [-0.25, -0.2) is 8.42 Å². The summed E-state index contributed by atoms with van der Waals surface area (Å²) >= 11 is 5.81. The molecule has 0 bridgehead atoms. The maximum atomic E-state index is 12.8. The fourth-order valence-electron chi connectivity index (χ4n) is 3.39. The summed E-state index contributed by atoms with van der Waals surface area (Å²) in [6.45, 7) is 0.501. The monoisotopic (exact) mass is 404 g/mol. The first-order valence-corrected chi connectivity index (χ1v) is 10.6. The van der Waals surface area contributed by atoms with Crippen LogP contribution in [0.1, 0.15) is 24.7 Å². The third kappa shape index (κ3) is 3.42. The predicted molar refractivity (Wildman–Crippen MR) is 100 cm³/mol. The van der Waals surface area contributed by atoms with E-state index in [4.69, 9.17) is 11.6 Å². The first-order chi connectivity index (χ1) is 13.0. The van der Waals surface area contributed by atoms with E-state index in [9.17, 15) is 13.2 Å². The summed E-state index contributed by atoms with van der Waals surface area (Å²) in [4.78, 5) is 14.5. The van der Waals surface area contributed by atoms with Gasteiger partial charge in [0.2, 0.25) is 5.91 Å². The molecule has 1 aliphatic rings. The lowest BCUT2D eigenvalue weighted by Gasteiger charge is -2.23. The zero-order valence-corrected chi connectivity index (χ0v) is 15.9. The van der Waals surface area contributed by atoms with E-state index in [1.165, 1.54) is 24.3 Å². The Kier molecular flexibility index (Phi) is 4.61. The first kappa shape index (κ1) is 17.9. The molecular formula is C18H17ClN4O3S. The quantitative estimate of drug-likeness (QED) is 0.667. The van der Waals surface area contributed by atoms with Crippen molar-refractivity contribution in [2.75, 3.05) is 12.3 Å². The molecule has 1 unspecified atom stereocenters. The molecule has 1 saturated heterocycles. The second kappa shape index (κ2) is 6.94. The highest BCUT2D eigenvalue weighted by Crippen LogP contribution is 2.31. The van der Waals surface area contributed by atoms with Gasteiger partial charge in [-0.1, -0.05) is 17.7 Å². The average molecular weight is 405 g/mol. The maximum absolute atomic E-state index is 12.8. The highest BCUT2D eigenvalue weighted by molar-refractivity contribution is 7.92. The molecular weight excluding hydrogens is 388 g/mol. The molecule has 1 atom stereocenters. The van der Waals surface area contributed by atoms with E-state index in [0.717, 1.165) is 12.8 Å². The topological polar surface area (TPSA) is 84.6 Å². The van der Waals surface area contributed by atoms with Crippen LogP contribution in [-0.2, 0) is 14.6 Å². The van der Waals surface area contributed by atoms with E-state index in [2.05, 4.69) is 10.2 Å². The minimum absolute atomic E-state index is 0.0870. The summed E-state index contributed by atoms with van der Waals surface area (Å²) in [5, 5.41) is 8.80. The van der Waals surface area contributed by atoms with Crippen LogP contribution in [0.4, 0.5) is 0 Å². The Balaban J connectivity index is 1.58. The molecule has 0 spiro atoms. The van der Waals surface area contributed by atoms with Crippen molar-refractivity contribution in [1.82, 2.24) is 19.5 Å². The number of sulfone groups is 1. The average Bonchev–Trinajstić information content (AvgIpc) is 3.28. The molecule has 2 aromatic heterocycles. The zero-order valence-electron chi connectivity index (χ0n) is 14.3. The van der Waals surface area contributed by atoms with Crippen molar-refractivity contribution in [2.24, 2.45) is 0 Å². The van der Waals surface area contributed by atoms with Gasteiger partial charge < -0.3 is 4.90 Å². The van der Waals surface area contributed by atoms with Gasteiger partial charge in [-0.15, -0.1) is 10.2 Å². The number of hydrogen-bond acceptors (Lipinski definition) is 5. The zero-order chi connectivity index (χ0) is 19.0. The number of pyridine rings is 1. The van der Waals surface area contributed by atoms with Crippen LogP contribution >= 0.6 is 11.6 Å². The van der Waals surface area contributed by atoms with Crippen molar-refractivity contribution >= 4 is 33.0 Å². The van der Waals surface area contributed by atoms with Gasteiger partial charge in [0.15, 0.2) is 21.3 Å². The minimum Gasteiger partial charge on any atom is -0.332 e. The van der Waals surface area contributed by atoms with E-state index < -0.39 is 21.5 Å². The summed E-state index contributed by atoms with van der Waals surface area (Å²) < 4.78 is 27.0. The first-order valence-electron chi connectivity index (χ1n) is 8.53. The molecule has 7 nitrogen and oxygen atoms in total. The number of halogens is 1. The Bertz CT molecular complexity index is 1100. The van der Waals surface area contributed by atoms with Crippen LogP contribution in [0, 0.1) is 0 Å². The van der Waals surface area contributed by atoms with E-state index in [0.29, 0.717) is 23.0 Å². The van der Waals surface area contributed by atoms with Crippen molar-refractivity contribution in [2.45, 2.75) is 23.8 Å². The lowest BCUT2D eigenvalue weighted by molar-refractivity contribution is -0.129. The molecule has 1 aliphatic heterocycles. The van der Waals surface area contributed by atoms with Crippen LogP contribution in [0.5, 0.6) is 0 Å². The largest absolute Gasteiger partial charge is 0.332 e. The van der Waals surface area contributed by atoms with Crippen molar-refractivity contribution in [3.63, 3.8) is 0 Å². The molecule has 3 heterocycles. The van der Waals surface area contributed by atoms with Gasteiger partial charge in [-0.3, -0.25) is 9.20 Å². The van der Waals surface area contributed by atoms with Crippen molar-refractivity contribution in [1.29, 1.82) is 0 Å². The Morgan fingerprint density at radius 1 is 1.15 bits per heavy atom. The Morgan fingerprint density at radius 3 is 2.70 bits per heavy atom. The van der Waals surface area contributed by atoms with Crippen molar-refractivity contribution in [3.8, 4) is 0 Å². The van der Waals surface area contributed by atoms with Gasteiger partial charge in [-0.05, 0) is 49.2 Å². The second-order valence-corrected chi connectivity index (χ2v) is 8.87. The van der Waals surface area contributed by atoms with E-state index in [1.807, 2.05) is 28.8 Å². The minimum atomic E-state index is -3.74. The smallest absolute Gasteiger partial charge is 0.238 e. The second-order valence-electron chi connectivity index (χ2n) is 6.45. The molecule has 1 amide bonds. The number of likely N-dealkylation sites (tertiary alicyclic amines) is 1. The standard InChI is InChI=1S/C18H17ClN4O3S/c19-13-6-8-14(9-7-13)27(25,26)12-17(24)22-11-3-4-15(22)18-21-20-16-5-1-2-10-23(16)18/h1-2,5-10,15H,3-4,11-12H2. The lowest BCUT2D eigenvalue weighted by Crippen LogP contribution is -2.36. The fourth-order valence-corrected chi connectivity index (χ4v) is 4.73. The summed E-state index contributed by atoms with van der Waals surface area (Å²) in [5.74, 6) is -0.359. The van der Waals surface area contributed by atoms with Crippen molar-refractivity contribution in [3.05, 3.63) is 59.5 Å². The summed E-state index contributed by atoms with van der Waals surface area (Å²) in [6.07, 6.45) is 3.36. The normalized spacial score (nSPS) is 17.5. The van der Waals surface area contributed by atoms with Crippen LogP contribution in [0.25, 0.3) is 5.65 Å². The molecule has 140 valence electrons. The molecule has 4 rings (SSSR count). The summed E-state index contributed by atoms with van der Waals surface area (Å²) in [6, 6.07) is 11.1. The van der Waals surface area contributed by atoms with Gasteiger partial charge >= 0.3 is 0 Å². The molecule has 0 aliphatic carbocycles. The van der Waals surface area contributed by atoms with Crippen molar-refractivity contribution < 1.29 is 13.2 Å². The number of carbonyl (C=O) groups excluding carboxylic acids is 1. The number of benzene rings is 1. The van der Waals surface area contributed by atoms with Gasteiger partial charge in [0, 0.05) is 17.8 Å². The van der Waals surface area contributed by atoms with Crippen LogP contribution in [0.15, 0.2) is 53.6 Å².